The van der Waals surface area contributed by atoms with E-state index in [-0.39, 0.29) is 65.9 Å². The molecular weight excluding hydrogens is 737 g/mol. The van der Waals surface area contributed by atoms with Crippen molar-refractivity contribution in [3.05, 3.63) is 23.8 Å². The van der Waals surface area contributed by atoms with E-state index in [4.69, 9.17) is 18.6 Å². The molecule has 11 atom stereocenters. The van der Waals surface area contributed by atoms with E-state index in [1.807, 2.05) is 27.7 Å². The molecular formula is C46H82N2O8Si. The molecule has 0 aromatic carbocycles. The molecule has 3 saturated heterocycles. The molecule has 3 rings (SSSR count). The molecule has 0 saturated carbocycles. The number of ether oxygens (including phenoxy) is 3. The SMILES string of the molecule is C/C=C/C(=O)C[C@H]1CC[C@H](C)[C@H](CC(=O)NC[C@@H](O[Si](C)(C)C(C)(C)C)[C@H](C)C(=O)NCCC[C@H]2O[C@@]3(CCC[C@@H](CC[C@H](C)/C=C(\C)[C@@H](C)O)O3)CC[C@@H]2C)O1. The summed E-state index contributed by atoms with van der Waals surface area (Å²) in [5, 5.41) is 16.1. The maximum atomic E-state index is 13.7. The number of ketones is 1. The minimum Gasteiger partial charge on any atom is -0.411 e. The Morgan fingerprint density at radius 3 is 2.30 bits per heavy atom. The van der Waals surface area contributed by atoms with Crippen LogP contribution in [0.5, 0.6) is 0 Å². The summed E-state index contributed by atoms with van der Waals surface area (Å²) in [6.07, 6.45) is 15.4. The Kier molecular flexibility index (Phi) is 19.6. The number of allylic oxidation sites excluding steroid dienone is 3. The Labute approximate surface area is 347 Å². The van der Waals surface area contributed by atoms with Gasteiger partial charge in [0, 0.05) is 32.4 Å². The van der Waals surface area contributed by atoms with Crippen molar-refractivity contribution in [1.82, 2.24) is 10.6 Å². The zero-order valence-electron chi connectivity index (χ0n) is 37.9. The van der Waals surface area contributed by atoms with Crippen LogP contribution in [0.25, 0.3) is 0 Å². The van der Waals surface area contributed by atoms with Crippen molar-refractivity contribution in [2.45, 2.75) is 213 Å². The Morgan fingerprint density at radius 2 is 1.63 bits per heavy atom. The molecule has 328 valence electrons. The van der Waals surface area contributed by atoms with E-state index < -0.39 is 32.2 Å². The smallest absolute Gasteiger partial charge is 0.225 e. The zero-order chi connectivity index (χ0) is 42.6. The number of carbonyl (C=O) groups is 3. The minimum atomic E-state index is -2.28. The van der Waals surface area contributed by atoms with Gasteiger partial charge in [-0.15, -0.1) is 0 Å². The first-order valence-electron chi connectivity index (χ1n) is 22.4. The lowest BCUT2D eigenvalue weighted by atomic mass is 9.85. The summed E-state index contributed by atoms with van der Waals surface area (Å²) < 4.78 is 26.6. The summed E-state index contributed by atoms with van der Waals surface area (Å²) in [5.74, 6) is -0.138. The van der Waals surface area contributed by atoms with Crippen molar-refractivity contribution >= 4 is 25.9 Å². The first-order chi connectivity index (χ1) is 26.6. The van der Waals surface area contributed by atoms with Gasteiger partial charge in [-0.3, -0.25) is 14.4 Å². The number of aliphatic hydroxyl groups excluding tert-OH is 1. The van der Waals surface area contributed by atoms with E-state index in [9.17, 15) is 19.5 Å². The Balaban J connectivity index is 1.53. The lowest BCUT2D eigenvalue weighted by Crippen LogP contribution is -2.52. The number of aliphatic hydroxyl groups is 1. The molecule has 0 unspecified atom stereocenters. The molecule has 11 heteroatoms. The van der Waals surface area contributed by atoms with Crippen LogP contribution < -0.4 is 10.6 Å². The van der Waals surface area contributed by atoms with Gasteiger partial charge in [0.25, 0.3) is 0 Å². The average Bonchev–Trinajstić information content (AvgIpc) is 3.13. The van der Waals surface area contributed by atoms with Crippen LogP contribution in [0.3, 0.4) is 0 Å². The molecule has 3 N–H and O–H groups in total. The first kappa shape index (κ1) is 49.5. The van der Waals surface area contributed by atoms with Crippen molar-refractivity contribution in [2.75, 3.05) is 13.1 Å². The van der Waals surface area contributed by atoms with Crippen molar-refractivity contribution in [3.63, 3.8) is 0 Å². The molecule has 0 aromatic rings. The fourth-order valence-corrected chi connectivity index (χ4v) is 9.59. The van der Waals surface area contributed by atoms with Crippen LogP contribution in [-0.4, -0.2) is 86.5 Å². The van der Waals surface area contributed by atoms with Crippen LogP contribution in [0.1, 0.15) is 153 Å². The molecule has 0 bridgehead atoms. The van der Waals surface area contributed by atoms with Gasteiger partial charge in [-0.05, 0) is 126 Å². The van der Waals surface area contributed by atoms with Crippen LogP contribution in [0.15, 0.2) is 23.8 Å². The second kappa shape index (κ2) is 22.6. The number of hydrogen-bond acceptors (Lipinski definition) is 8. The fourth-order valence-electron chi connectivity index (χ4n) is 8.19. The molecule has 0 aromatic heterocycles. The molecule has 3 heterocycles. The summed E-state index contributed by atoms with van der Waals surface area (Å²) in [7, 11) is -2.28. The Bertz CT molecular complexity index is 1340. The molecule has 3 fully saturated rings. The molecule has 0 aliphatic carbocycles. The predicted molar refractivity (Wildman–Crippen MR) is 231 cm³/mol. The maximum Gasteiger partial charge on any atom is 0.225 e. The van der Waals surface area contributed by atoms with Crippen molar-refractivity contribution < 1.29 is 38.1 Å². The molecule has 3 aliphatic rings. The summed E-state index contributed by atoms with van der Waals surface area (Å²) in [5.41, 5.74) is 1.02. The molecule has 1 spiro atoms. The third kappa shape index (κ3) is 15.9. The van der Waals surface area contributed by atoms with Crippen molar-refractivity contribution in [3.8, 4) is 0 Å². The molecule has 3 aliphatic heterocycles. The van der Waals surface area contributed by atoms with Crippen LogP contribution in [0, 0.1) is 23.7 Å². The van der Waals surface area contributed by atoms with E-state index in [0.29, 0.717) is 24.8 Å². The van der Waals surface area contributed by atoms with Crippen molar-refractivity contribution in [2.24, 2.45) is 23.7 Å². The van der Waals surface area contributed by atoms with Gasteiger partial charge in [-0.25, -0.2) is 0 Å². The standard InChI is InChI=1S/C46H82N2O8Si/c1-13-16-37(50)28-39-22-20-32(3)41(53-39)29-43(51)48-30-42(56-57(11,12)45(8,9)10)35(6)44(52)47-26-15-18-40-33(4)23-25-46(55-40)24-14-17-38(54-46)21-19-31(2)27-34(5)36(7)49/h13,16,27,31-33,35-36,38-42,49H,14-15,17-26,28-30H2,1-12H3,(H,47,52)(H,48,51)/b16-13+,34-27+/t31-,32-,33-,35-,36+,38-,39+,40+,41-,42+,46-/m0/s1. The molecule has 0 radical (unpaired) electrons. The highest BCUT2D eigenvalue weighted by atomic mass is 28.4. The molecule has 57 heavy (non-hydrogen) atoms. The van der Waals surface area contributed by atoms with E-state index in [1.165, 1.54) is 0 Å². The van der Waals surface area contributed by atoms with Gasteiger partial charge in [-0.2, -0.15) is 0 Å². The summed E-state index contributed by atoms with van der Waals surface area (Å²) in [4.78, 5) is 39.2. The third-order valence-corrected chi connectivity index (χ3v) is 17.9. The highest BCUT2D eigenvalue weighted by molar-refractivity contribution is 6.74. The van der Waals surface area contributed by atoms with Crippen molar-refractivity contribution in [1.29, 1.82) is 0 Å². The monoisotopic (exact) mass is 819 g/mol. The van der Waals surface area contributed by atoms with Gasteiger partial charge >= 0.3 is 0 Å². The zero-order valence-corrected chi connectivity index (χ0v) is 38.9. The third-order valence-electron chi connectivity index (χ3n) is 13.4. The van der Waals surface area contributed by atoms with Gasteiger partial charge in [0.2, 0.25) is 11.8 Å². The topological polar surface area (TPSA) is 132 Å². The maximum absolute atomic E-state index is 13.7. The van der Waals surface area contributed by atoms with E-state index in [0.717, 1.165) is 76.2 Å². The average molecular weight is 819 g/mol. The van der Waals surface area contributed by atoms with Gasteiger partial charge in [0.15, 0.2) is 19.9 Å². The van der Waals surface area contributed by atoms with Crippen LogP contribution >= 0.6 is 0 Å². The lowest BCUT2D eigenvalue weighted by Gasteiger charge is -2.48. The summed E-state index contributed by atoms with van der Waals surface area (Å²) in [6, 6.07) is 0. The normalized spacial score (nSPS) is 29.8. The summed E-state index contributed by atoms with van der Waals surface area (Å²) >= 11 is 0. The van der Waals surface area contributed by atoms with Crippen LogP contribution in [-0.2, 0) is 33.0 Å². The second-order valence-electron chi connectivity index (χ2n) is 19.5. The van der Waals surface area contributed by atoms with Gasteiger partial charge in [0.1, 0.15) is 0 Å². The second-order valence-corrected chi connectivity index (χ2v) is 24.3. The minimum absolute atomic E-state index is 0.0432. The number of rotatable bonds is 20. The first-order valence-corrected chi connectivity index (χ1v) is 25.3. The Morgan fingerprint density at radius 1 is 0.930 bits per heavy atom. The molecule has 10 nitrogen and oxygen atoms in total. The predicted octanol–water partition coefficient (Wildman–Crippen LogP) is 8.96. The van der Waals surface area contributed by atoms with Crippen LogP contribution in [0.2, 0.25) is 18.1 Å². The van der Waals surface area contributed by atoms with Gasteiger partial charge in [0.05, 0.1) is 49.0 Å². The number of amides is 2. The summed E-state index contributed by atoms with van der Waals surface area (Å²) in [6.45, 7) is 25.8. The lowest BCUT2D eigenvalue weighted by molar-refractivity contribution is -0.324. The number of carbonyl (C=O) groups excluding carboxylic acids is 3. The van der Waals surface area contributed by atoms with E-state index in [2.05, 4.69) is 71.3 Å². The largest absolute Gasteiger partial charge is 0.411 e. The fraction of sp³-hybridized carbons (Fsp3) is 0.848. The van der Waals surface area contributed by atoms with E-state index in [1.54, 1.807) is 12.2 Å². The van der Waals surface area contributed by atoms with Gasteiger partial charge in [-0.1, -0.05) is 60.6 Å². The highest BCUT2D eigenvalue weighted by Crippen LogP contribution is 2.43. The quantitative estimate of drug-likeness (QED) is 0.0481. The highest BCUT2D eigenvalue weighted by Gasteiger charge is 2.45. The van der Waals surface area contributed by atoms with Crippen LogP contribution in [0.4, 0.5) is 0 Å². The molecule has 2 amide bonds. The van der Waals surface area contributed by atoms with Gasteiger partial charge < -0.3 is 34.4 Å². The number of nitrogens with one attached hydrogen (secondary N) is 2. The Hall–Kier alpha value is -1.89. The van der Waals surface area contributed by atoms with E-state index >= 15 is 0 Å². The number of hydrogen-bond donors (Lipinski definition) is 3.